The van der Waals surface area contributed by atoms with Crippen molar-refractivity contribution in [2.75, 3.05) is 19.6 Å². The van der Waals surface area contributed by atoms with E-state index in [0.717, 1.165) is 31.4 Å². The van der Waals surface area contributed by atoms with E-state index in [2.05, 4.69) is 10.2 Å². The van der Waals surface area contributed by atoms with Crippen LogP contribution in [0.2, 0.25) is 0 Å². The Hall–Kier alpha value is -1.46. The first-order valence-corrected chi connectivity index (χ1v) is 7.65. The smallest absolute Gasteiger partial charge is 0.221 e. The van der Waals surface area contributed by atoms with Gasteiger partial charge < -0.3 is 11.1 Å². The van der Waals surface area contributed by atoms with E-state index in [1.54, 1.807) is 6.07 Å². The lowest BCUT2D eigenvalue weighted by Gasteiger charge is -2.36. The Labute approximate surface area is 125 Å². The molecule has 1 aromatic rings. The predicted octanol–water partition coefficient (Wildman–Crippen LogP) is 1.65. The molecule has 1 atom stereocenters. The minimum absolute atomic E-state index is 0.00563. The third-order valence-corrected chi connectivity index (χ3v) is 3.99. The second-order valence-corrected chi connectivity index (χ2v) is 5.55. The number of benzene rings is 1. The molecule has 1 saturated heterocycles. The first-order chi connectivity index (χ1) is 10.2. The average Bonchev–Trinajstić information content (AvgIpc) is 2.49. The highest BCUT2D eigenvalue weighted by molar-refractivity contribution is 5.76. The topological polar surface area (TPSA) is 58.4 Å². The van der Waals surface area contributed by atoms with Gasteiger partial charge in [0.15, 0.2) is 0 Å². The van der Waals surface area contributed by atoms with Crippen LogP contribution < -0.4 is 11.1 Å². The van der Waals surface area contributed by atoms with Crippen LogP contribution in [0.3, 0.4) is 0 Å². The molecular weight excluding hydrogens is 269 g/mol. The summed E-state index contributed by atoms with van der Waals surface area (Å²) in [5, 5.41) is 2.93. The molecule has 0 spiro atoms. The molecule has 1 aliphatic heterocycles. The Morgan fingerprint density at radius 2 is 2.19 bits per heavy atom. The second-order valence-electron chi connectivity index (χ2n) is 5.55. The van der Waals surface area contributed by atoms with E-state index in [9.17, 15) is 9.18 Å². The van der Waals surface area contributed by atoms with Crippen LogP contribution in [-0.4, -0.2) is 36.5 Å². The molecule has 2 rings (SSSR count). The van der Waals surface area contributed by atoms with Crippen molar-refractivity contribution in [1.29, 1.82) is 0 Å². The van der Waals surface area contributed by atoms with E-state index >= 15 is 0 Å². The maximum atomic E-state index is 13.8. The number of carbonyl (C=O) groups is 1. The quantitative estimate of drug-likeness (QED) is 0.838. The number of nitrogens with zero attached hydrogens (tertiary/aromatic N) is 1. The van der Waals surface area contributed by atoms with Crippen molar-refractivity contribution in [2.45, 2.75) is 38.3 Å². The second kappa shape index (κ2) is 8.10. The number of nitrogens with two attached hydrogens (primary N) is 1. The lowest BCUT2D eigenvalue weighted by molar-refractivity contribution is -0.121. The lowest BCUT2D eigenvalue weighted by Crippen LogP contribution is -2.46. The van der Waals surface area contributed by atoms with Gasteiger partial charge in [0.1, 0.15) is 5.82 Å². The van der Waals surface area contributed by atoms with Crippen molar-refractivity contribution in [3.8, 4) is 0 Å². The number of likely N-dealkylation sites (tertiary alicyclic amines) is 1. The van der Waals surface area contributed by atoms with Crippen LogP contribution in [-0.2, 0) is 11.3 Å². The van der Waals surface area contributed by atoms with Crippen LogP contribution in [0.1, 0.15) is 31.2 Å². The SMILES string of the molecule is NCCC(=O)NCC1CCCCN1Cc1ccccc1F. The van der Waals surface area contributed by atoms with Gasteiger partial charge in [0.05, 0.1) is 0 Å². The maximum Gasteiger partial charge on any atom is 0.221 e. The Kier molecular flexibility index (Phi) is 6.14. The minimum atomic E-state index is -0.158. The number of rotatable bonds is 6. The minimum Gasteiger partial charge on any atom is -0.354 e. The van der Waals surface area contributed by atoms with Gasteiger partial charge in [0, 0.05) is 37.7 Å². The maximum absolute atomic E-state index is 13.8. The van der Waals surface area contributed by atoms with Gasteiger partial charge in [-0.15, -0.1) is 0 Å². The monoisotopic (exact) mass is 293 g/mol. The molecule has 1 amide bonds. The molecule has 4 nitrogen and oxygen atoms in total. The van der Waals surface area contributed by atoms with E-state index in [1.807, 2.05) is 12.1 Å². The average molecular weight is 293 g/mol. The fourth-order valence-electron chi connectivity index (χ4n) is 2.80. The molecule has 0 bridgehead atoms. The van der Waals surface area contributed by atoms with Gasteiger partial charge in [-0.25, -0.2) is 4.39 Å². The van der Waals surface area contributed by atoms with E-state index in [0.29, 0.717) is 26.1 Å². The number of halogens is 1. The van der Waals surface area contributed by atoms with Crippen molar-refractivity contribution in [1.82, 2.24) is 10.2 Å². The number of hydrogen-bond donors (Lipinski definition) is 2. The highest BCUT2D eigenvalue weighted by Crippen LogP contribution is 2.20. The molecule has 0 aromatic heterocycles. The van der Waals surface area contributed by atoms with E-state index in [4.69, 9.17) is 5.73 Å². The van der Waals surface area contributed by atoms with Crippen LogP contribution in [0.4, 0.5) is 4.39 Å². The summed E-state index contributed by atoms with van der Waals surface area (Å²) >= 11 is 0. The summed E-state index contributed by atoms with van der Waals surface area (Å²) in [6.07, 6.45) is 3.68. The first-order valence-electron chi connectivity index (χ1n) is 7.65. The Morgan fingerprint density at radius 3 is 2.95 bits per heavy atom. The largest absolute Gasteiger partial charge is 0.354 e. The van der Waals surface area contributed by atoms with Gasteiger partial charge in [-0.05, 0) is 25.5 Å². The molecule has 3 N–H and O–H groups in total. The summed E-state index contributed by atoms with van der Waals surface area (Å²) in [7, 11) is 0. The molecule has 0 saturated carbocycles. The van der Waals surface area contributed by atoms with Crippen LogP contribution in [0.5, 0.6) is 0 Å². The summed E-state index contributed by atoms with van der Waals surface area (Å²) in [5.74, 6) is -0.164. The number of amides is 1. The van der Waals surface area contributed by atoms with Gasteiger partial charge in [-0.2, -0.15) is 0 Å². The molecule has 1 aliphatic rings. The Morgan fingerprint density at radius 1 is 1.38 bits per heavy atom. The molecule has 0 radical (unpaired) electrons. The summed E-state index contributed by atoms with van der Waals surface area (Å²) in [6.45, 7) is 2.54. The number of carbonyl (C=O) groups excluding carboxylic acids is 1. The highest BCUT2D eigenvalue weighted by Gasteiger charge is 2.23. The van der Waals surface area contributed by atoms with Crippen molar-refractivity contribution in [3.63, 3.8) is 0 Å². The number of nitrogens with one attached hydrogen (secondary N) is 1. The zero-order valence-electron chi connectivity index (χ0n) is 12.4. The Bertz CT molecular complexity index is 467. The standard InChI is InChI=1S/C16H24FN3O/c17-15-7-2-1-5-13(15)12-20-10-4-3-6-14(20)11-19-16(21)8-9-18/h1-2,5,7,14H,3-4,6,8-12,18H2,(H,19,21). The summed E-state index contributed by atoms with van der Waals surface area (Å²) < 4.78 is 13.8. The van der Waals surface area contributed by atoms with Gasteiger partial charge in [-0.1, -0.05) is 24.6 Å². The predicted molar refractivity (Wildman–Crippen MR) is 81.1 cm³/mol. The number of piperidine rings is 1. The third kappa shape index (κ3) is 4.79. The third-order valence-electron chi connectivity index (χ3n) is 3.99. The fourth-order valence-corrected chi connectivity index (χ4v) is 2.80. The molecule has 116 valence electrons. The molecule has 0 aliphatic carbocycles. The van der Waals surface area contributed by atoms with E-state index in [1.165, 1.54) is 6.07 Å². The molecule has 1 unspecified atom stereocenters. The van der Waals surface area contributed by atoms with Crippen LogP contribution in [0, 0.1) is 5.82 Å². The van der Waals surface area contributed by atoms with Gasteiger partial charge >= 0.3 is 0 Å². The Balaban J connectivity index is 1.92. The summed E-state index contributed by atoms with van der Waals surface area (Å²) in [5.41, 5.74) is 6.09. The first kappa shape index (κ1) is 15.9. The number of hydrogen-bond acceptors (Lipinski definition) is 3. The normalized spacial score (nSPS) is 19.4. The summed E-state index contributed by atoms with van der Waals surface area (Å²) in [6, 6.07) is 7.17. The van der Waals surface area contributed by atoms with Gasteiger partial charge in [0.2, 0.25) is 5.91 Å². The molecule has 21 heavy (non-hydrogen) atoms. The zero-order chi connectivity index (χ0) is 15.1. The van der Waals surface area contributed by atoms with Gasteiger partial charge in [0.25, 0.3) is 0 Å². The van der Waals surface area contributed by atoms with Crippen molar-refractivity contribution >= 4 is 5.91 Å². The molecule has 5 heteroatoms. The van der Waals surface area contributed by atoms with E-state index in [-0.39, 0.29) is 17.8 Å². The zero-order valence-corrected chi connectivity index (χ0v) is 12.4. The fraction of sp³-hybridized carbons (Fsp3) is 0.562. The lowest BCUT2D eigenvalue weighted by atomic mass is 10.0. The van der Waals surface area contributed by atoms with Crippen molar-refractivity contribution in [3.05, 3.63) is 35.6 Å². The van der Waals surface area contributed by atoms with E-state index < -0.39 is 0 Å². The van der Waals surface area contributed by atoms with Crippen LogP contribution in [0.15, 0.2) is 24.3 Å². The summed E-state index contributed by atoms with van der Waals surface area (Å²) in [4.78, 5) is 13.8. The molecule has 1 heterocycles. The molecular formula is C16H24FN3O. The van der Waals surface area contributed by atoms with Crippen LogP contribution in [0.25, 0.3) is 0 Å². The van der Waals surface area contributed by atoms with Gasteiger partial charge in [-0.3, -0.25) is 9.69 Å². The van der Waals surface area contributed by atoms with Crippen molar-refractivity contribution < 1.29 is 9.18 Å². The van der Waals surface area contributed by atoms with Crippen molar-refractivity contribution in [2.24, 2.45) is 5.73 Å². The van der Waals surface area contributed by atoms with Crippen LogP contribution >= 0.6 is 0 Å². The molecule has 1 fully saturated rings. The molecule has 1 aromatic carbocycles. The highest BCUT2D eigenvalue weighted by atomic mass is 19.1.